The van der Waals surface area contributed by atoms with Crippen LogP contribution in [0.2, 0.25) is 0 Å². The summed E-state index contributed by atoms with van der Waals surface area (Å²) < 4.78 is 4.83. The number of benzene rings is 3. The molecule has 3 aromatic carbocycles. The third-order valence-electron chi connectivity index (χ3n) is 13.1. The van der Waals surface area contributed by atoms with E-state index in [1.165, 1.54) is 29.5 Å². The van der Waals surface area contributed by atoms with Crippen LogP contribution in [-0.2, 0) is 19.7 Å². The number of ether oxygens (including phenoxy) is 1. The van der Waals surface area contributed by atoms with Crippen molar-refractivity contribution in [2.45, 2.75) is 123 Å². The Kier molecular flexibility index (Phi) is 12.2. The summed E-state index contributed by atoms with van der Waals surface area (Å²) in [5.74, 6) is 1.68. The van der Waals surface area contributed by atoms with Crippen LogP contribution < -0.4 is 10.2 Å². The van der Waals surface area contributed by atoms with E-state index in [4.69, 9.17) is 14.7 Å². The van der Waals surface area contributed by atoms with Crippen molar-refractivity contribution in [1.29, 1.82) is 0 Å². The molecule has 5 aromatic rings. The normalized spacial score (nSPS) is 21.1. The first-order valence-corrected chi connectivity index (χ1v) is 22.5. The number of amides is 3. The van der Waals surface area contributed by atoms with Crippen LogP contribution in [0.1, 0.15) is 139 Å². The van der Waals surface area contributed by atoms with Gasteiger partial charge in [-0.15, -0.1) is 0 Å². The van der Waals surface area contributed by atoms with Gasteiger partial charge in [-0.05, 0) is 102 Å². The second kappa shape index (κ2) is 17.6. The number of alkyl carbamates (subject to hydrolysis) is 1. The number of anilines is 1. The Morgan fingerprint density at radius 1 is 0.790 bits per heavy atom. The average molecular weight is 840 g/mol. The lowest BCUT2D eigenvalue weighted by Crippen LogP contribution is -2.51. The van der Waals surface area contributed by atoms with Gasteiger partial charge in [0.15, 0.2) is 0 Å². The Balaban J connectivity index is 1.05. The van der Waals surface area contributed by atoms with E-state index in [9.17, 15) is 14.4 Å². The zero-order chi connectivity index (χ0) is 43.9. The molecule has 0 spiro atoms. The van der Waals surface area contributed by atoms with Crippen LogP contribution in [-0.4, -0.2) is 73.9 Å². The topological polar surface area (TPSA) is 140 Å². The van der Waals surface area contributed by atoms with E-state index in [0.717, 1.165) is 79.0 Å². The van der Waals surface area contributed by atoms with Gasteiger partial charge in [0.25, 0.3) is 0 Å². The van der Waals surface area contributed by atoms with Gasteiger partial charge >= 0.3 is 6.09 Å². The number of methoxy groups -OCH3 is 1. The van der Waals surface area contributed by atoms with Crippen LogP contribution in [0.25, 0.3) is 22.3 Å². The van der Waals surface area contributed by atoms with Crippen LogP contribution in [0.3, 0.4) is 0 Å². The molecule has 3 saturated heterocycles. The lowest BCUT2D eigenvalue weighted by molar-refractivity contribution is -0.135. The number of carbonyl (C=O) groups excluding carboxylic acids is 3. The number of aromatic nitrogens is 4. The number of rotatable bonds is 11. The monoisotopic (exact) mass is 839 g/mol. The highest BCUT2D eigenvalue weighted by Crippen LogP contribution is 2.48. The molecule has 0 unspecified atom stereocenters. The first kappa shape index (κ1) is 43.0. The number of aromatic amines is 2. The summed E-state index contributed by atoms with van der Waals surface area (Å²) in [6.07, 6.45) is 8.58. The third kappa shape index (κ3) is 8.70. The molecule has 327 valence electrons. The number of nitrogens with zero attached hydrogens (tertiary/aromatic N) is 5. The Morgan fingerprint density at radius 2 is 1.44 bits per heavy atom. The predicted octanol–water partition coefficient (Wildman–Crippen LogP) is 9.90. The molecule has 0 aliphatic carbocycles. The molecule has 12 heteroatoms. The number of carbonyl (C=O) groups is 3. The lowest BCUT2D eigenvalue weighted by Gasteiger charge is -2.34. The maximum absolute atomic E-state index is 13.9. The predicted molar refractivity (Wildman–Crippen MR) is 243 cm³/mol. The summed E-state index contributed by atoms with van der Waals surface area (Å²) in [4.78, 5) is 62.4. The highest BCUT2D eigenvalue weighted by atomic mass is 16.5. The maximum atomic E-state index is 13.9. The third-order valence-corrected chi connectivity index (χ3v) is 13.1. The van der Waals surface area contributed by atoms with Crippen molar-refractivity contribution in [2.24, 2.45) is 11.8 Å². The summed E-state index contributed by atoms with van der Waals surface area (Å²) >= 11 is 0. The zero-order valence-corrected chi connectivity index (χ0v) is 37.6. The SMILES string of the molecule is COC(=O)N[C@H](C(=O)N1CCC[C@H]1c1nc2ccc([C@@H]3CC[C@@H](c4ccc(-c5cnc([C@@H]6CCCN6C(=O)[CH]C(C)C)[nH]5)cc4)N3c3ccc(C(C)(C)C)cc3)cc2[nH]1)C(C)C. The molecule has 3 fully saturated rings. The molecule has 3 aliphatic heterocycles. The van der Waals surface area contributed by atoms with Gasteiger partial charge < -0.3 is 34.7 Å². The molecule has 62 heavy (non-hydrogen) atoms. The smallest absolute Gasteiger partial charge is 0.407 e. The zero-order valence-electron chi connectivity index (χ0n) is 37.6. The van der Waals surface area contributed by atoms with Crippen molar-refractivity contribution >= 4 is 34.6 Å². The fourth-order valence-corrected chi connectivity index (χ4v) is 9.80. The van der Waals surface area contributed by atoms with Crippen LogP contribution in [0.15, 0.2) is 72.9 Å². The molecule has 5 atom stereocenters. The number of hydrogen-bond donors (Lipinski definition) is 3. The molecule has 3 amide bonds. The number of imidazole rings is 2. The number of fused-ring (bicyclic) bond motifs is 1. The minimum absolute atomic E-state index is 0.0346. The van der Waals surface area contributed by atoms with Crippen LogP contribution in [0, 0.1) is 18.3 Å². The molecule has 5 heterocycles. The fourth-order valence-electron chi connectivity index (χ4n) is 9.80. The van der Waals surface area contributed by atoms with E-state index in [1.54, 1.807) is 6.42 Å². The molecule has 0 saturated carbocycles. The second-order valence-electron chi connectivity index (χ2n) is 19.2. The Hall–Kier alpha value is -5.65. The van der Waals surface area contributed by atoms with Gasteiger partial charge in [-0.3, -0.25) is 9.59 Å². The first-order valence-electron chi connectivity index (χ1n) is 22.5. The van der Waals surface area contributed by atoms with Gasteiger partial charge in [-0.25, -0.2) is 14.8 Å². The Bertz CT molecular complexity index is 2380. The molecule has 12 nitrogen and oxygen atoms in total. The van der Waals surface area contributed by atoms with Crippen molar-refractivity contribution in [3.8, 4) is 11.3 Å². The van der Waals surface area contributed by atoms with Gasteiger partial charge in [0.1, 0.15) is 17.7 Å². The minimum Gasteiger partial charge on any atom is -0.453 e. The van der Waals surface area contributed by atoms with Gasteiger partial charge in [0.2, 0.25) is 11.8 Å². The van der Waals surface area contributed by atoms with E-state index >= 15 is 0 Å². The maximum Gasteiger partial charge on any atom is 0.407 e. The van der Waals surface area contributed by atoms with E-state index in [2.05, 4.69) is 108 Å². The van der Waals surface area contributed by atoms with Gasteiger partial charge in [0, 0.05) is 18.8 Å². The molecule has 1 radical (unpaired) electrons. The average Bonchev–Trinajstić information content (AvgIpc) is 4.10. The molecule has 8 rings (SSSR count). The Morgan fingerprint density at radius 3 is 2.08 bits per heavy atom. The highest BCUT2D eigenvalue weighted by molar-refractivity contribution is 5.87. The molecule has 0 bridgehead atoms. The standard InChI is InChI=1S/C50H63N8O4/c1-30(2)27-44(59)56-25-9-11-42(56)46-51-29-39(54-46)32-13-15-33(16-14-32)40-23-24-41(58(40)36-20-18-35(19-21-36)50(5,6)7)34-17-22-37-38(28-34)53-47(52-37)43-12-10-26-57(43)48(60)45(31(3)4)55-49(61)62-8/h13-22,27-31,40-43,45H,9-12,23-26H2,1-8H3,(H,51,54)(H,52,53)(H,55,61)/t40-,41-,42-,43-,45-/m0/s1. The van der Waals surface area contributed by atoms with E-state index < -0.39 is 12.1 Å². The van der Waals surface area contributed by atoms with Gasteiger partial charge in [-0.2, -0.15) is 0 Å². The molecule has 3 N–H and O–H groups in total. The summed E-state index contributed by atoms with van der Waals surface area (Å²) in [5.41, 5.74) is 8.82. The molecular formula is C50H63N8O4. The van der Waals surface area contributed by atoms with Crippen molar-refractivity contribution in [3.05, 3.63) is 108 Å². The van der Waals surface area contributed by atoms with Crippen molar-refractivity contribution in [1.82, 2.24) is 35.1 Å². The number of hydrogen-bond acceptors (Lipinski definition) is 7. The van der Waals surface area contributed by atoms with Crippen molar-refractivity contribution < 1.29 is 19.1 Å². The second-order valence-corrected chi connectivity index (χ2v) is 19.2. The minimum atomic E-state index is -0.688. The number of likely N-dealkylation sites (tertiary alicyclic amines) is 2. The summed E-state index contributed by atoms with van der Waals surface area (Å²) in [6.45, 7) is 16.0. The van der Waals surface area contributed by atoms with Gasteiger partial charge in [0.05, 0.1) is 60.6 Å². The van der Waals surface area contributed by atoms with Crippen molar-refractivity contribution in [2.75, 3.05) is 25.1 Å². The Labute approximate surface area is 366 Å². The molecule has 2 aromatic heterocycles. The molecular weight excluding hydrogens is 777 g/mol. The highest BCUT2D eigenvalue weighted by Gasteiger charge is 2.39. The lowest BCUT2D eigenvalue weighted by atomic mass is 9.87. The largest absolute Gasteiger partial charge is 0.453 e. The summed E-state index contributed by atoms with van der Waals surface area (Å²) in [6, 6.07) is 23.9. The summed E-state index contributed by atoms with van der Waals surface area (Å²) in [5, 5.41) is 2.75. The first-order chi connectivity index (χ1) is 29.7. The van der Waals surface area contributed by atoms with E-state index in [0.29, 0.717) is 6.54 Å². The number of H-pyrrole nitrogens is 2. The van der Waals surface area contributed by atoms with Gasteiger partial charge in [-0.1, -0.05) is 90.9 Å². The van der Waals surface area contributed by atoms with Crippen LogP contribution in [0.5, 0.6) is 0 Å². The molecule has 3 aliphatic rings. The van der Waals surface area contributed by atoms with Crippen molar-refractivity contribution in [3.63, 3.8) is 0 Å². The summed E-state index contributed by atoms with van der Waals surface area (Å²) in [7, 11) is 1.31. The fraction of sp³-hybridized carbons (Fsp3) is 0.480. The van der Waals surface area contributed by atoms with Crippen LogP contribution in [0.4, 0.5) is 10.5 Å². The van der Waals surface area contributed by atoms with E-state index in [1.807, 2.05) is 43.7 Å². The number of nitrogens with one attached hydrogen (secondary N) is 3. The van der Waals surface area contributed by atoms with E-state index in [-0.39, 0.29) is 53.2 Å². The van der Waals surface area contributed by atoms with Crippen LogP contribution >= 0.6 is 0 Å². The quantitative estimate of drug-likeness (QED) is 0.120.